The van der Waals surface area contributed by atoms with Gasteiger partial charge in [0, 0.05) is 20.7 Å². The standard InChI is InChI=1S/C22H41N3O5Si/c1-21(2,3)30-20(28)23-17-10-8-16(9-11-17)14-22(4)18(26)25(19(27)24-22)15-29-12-13-31(5,6)7/h16-17H,8-15H2,1-7H3,(H,23,28)(H,24,27)/t16?,17?,22-/m0/s1. The lowest BCUT2D eigenvalue weighted by molar-refractivity contribution is -0.135. The monoisotopic (exact) mass is 455 g/mol. The van der Waals surface area contributed by atoms with Crippen molar-refractivity contribution >= 4 is 26.1 Å². The second-order valence-electron chi connectivity index (χ2n) is 11.4. The fourth-order valence-corrected chi connectivity index (χ4v) is 4.86. The van der Waals surface area contributed by atoms with E-state index in [1.165, 1.54) is 4.90 Å². The largest absolute Gasteiger partial charge is 0.444 e. The number of amides is 4. The molecule has 4 amide bonds. The molecule has 1 saturated carbocycles. The summed E-state index contributed by atoms with van der Waals surface area (Å²) in [5.74, 6) is 0.109. The number of urea groups is 1. The van der Waals surface area contributed by atoms with Crippen LogP contribution < -0.4 is 10.6 Å². The lowest BCUT2D eigenvalue weighted by Gasteiger charge is -2.33. The Morgan fingerprint density at radius 1 is 1.19 bits per heavy atom. The summed E-state index contributed by atoms with van der Waals surface area (Å²) < 4.78 is 11.0. The van der Waals surface area contributed by atoms with Gasteiger partial charge in [0.25, 0.3) is 5.91 Å². The zero-order chi connectivity index (χ0) is 23.4. The summed E-state index contributed by atoms with van der Waals surface area (Å²) in [5, 5.41) is 5.82. The van der Waals surface area contributed by atoms with Crippen molar-refractivity contribution in [1.82, 2.24) is 15.5 Å². The highest BCUT2D eigenvalue weighted by Crippen LogP contribution is 2.34. The van der Waals surface area contributed by atoms with Gasteiger partial charge < -0.3 is 20.1 Å². The zero-order valence-electron chi connectivity index (χ0n) is 20.3. The Morgan fingerprint density at radius 3 is 2.35 bits per heavy atom. The number of carbonyl (C=O) groups is 3. The predicted octanol–water partition coefficient (Wildman–Crippen LogP) is 4.08. The van der Waals surface area contributed by atoms with Gasteiger partial charge in [0.15, 0.2) is 0 Å². The second-order valence-corrected chi connectivity index (χ2v) is 17.0. The molecule has 2 rings (SSSR count). The Morgan fingerprint density at radius 2 is 1.81 bits per heavy atom. The van der Waals surface area contributed by atoms with Crippen molar-refractivity contribution in [2.75, 3.05) is 13.3 Å². The number of alkyl carbamates (subject to hydrolysis) is 1. The number of ether oxygens (including phenoxy) is 2. The summed E-state index contributed by atoms with van der Waals surface area (Å²) >= 11 is 0. The number of nitrogens with zero attached hydrogens (tertiary/aromatic N) is 1. The van der Waals surface area contributed by atoms with Crippen LogP contribution in [0.5, 0.6) is 0 Å². The van der Waals surface area contributed by atoms with Crippen LogP contribution in [0.15, 0.2) is 0 Å². The minimum Gasteiger partial charge on any atom is -0.444 e. The molecular formula is C22H41N3O5Si. The van der Waals surface area contributed by atoms with Gasteiger partial charge in [-0.2, -0.15) is 0 Å². The van der Waals surface area contributed by atoms with Crippen molar-refractivity contribution in [3.05, 3.63) is 0 Å². The van der Waals surface area contributed by atoms with E-state index in [1.807, 2.05) is 20.8 Å². The van der Waals surface area contributed by atoms with Gasteiger partial charge in [0.05, 0.1) is 0 Å². The number of hydrogen-bond acceptors (Lipinski definition) is 5. The van der Waals surface area contributed by atoms with Crippen LogP contribution in [-0.2, 0) is 14.3 Å². The maximum absolute atomic E-state index is 12.9. The first-order chi connectivity index (χ1) is 14.2. The van der Waals surface area contributed by atoms with Gasteiger partial charge in [-0.1, -0.05) is 19.6 Å². The average Bonchev–Trinajstić information content (AvgIpc) is 2.80. The van der Waals surface area contributed by atoms with Crippen molar-refractivity contribution in [3.63, 3.8) is 0 Å². The first-order valence-corrected chi connectivity index (χ1v) is 15.1. The summed E-state index contributed by atoms with van der Waals surface area (Å²) in [6, 6.07) is 0.707. The van der Waals surface area contributed by atoms with Gasteiger partial charge in [-0.15, -0.1) is 0 Å². The van der Waals surface area contributed by atoms with Gasteiger partial charge in [-0.05, 0) is 71.8 Å². The molecule has 0 aromatic carbocycles. The molecular weight excluding hydrogens is 414 g/mol. The summed E-state index contributed by atoms with van der Waals surface area (Å²) in [7, 11) is -1.22. The highest BCUT2D eigenvalue weighted by atomic mass is 28.3. The molecule has 0 unspecified atom stereocenters. The van der Waals surface area contributed by atoms with Crippen LogP contribution in [-0.4, -0.2) is 61.5 Å². The molecule has 2 fully saturated rings. The van der Waals surface area contributed by atoms with Crippen LogP contribution in [0.1, 0.15) is 59.8 Å². The minimum absolute atomic E-state index is 0.0112. The molecule has 1 aliphatic carbocycles. The van der Waals surface area contributed by atoms with Crippen molar-refractivity contribution < 1.29 is 23.9 Å². The first kappa shape index (κ1) is 25.6. The normalized spacial score (nSPS) is 27.3. The molecule has 1 atom stereocenters. The number of rotatable bonds is 8. The van der Waals surface area contributed by atoms with Crippen LogP contribution in [0.25, 0.3) is 0 Å². The van der Waals surface area contributed by atoms with E-state index >= 15 is 0 Å². The highest BCUT2D eigenvalue weighted by molar-refractivity contribution is 6.76. The molecule has 8 nitrogen and oxygen atoms in total. The second kappa shape index (κ2) is 9.89. The van der Waals surface area contributed by atoms with Crippen molar-refractivity contribution in [3.8, 4) is 0 Å². The lowest BCUT2D eigenvalue weighted by Crippen LogP contribution is -2.47. The molecule has 0 radical (unpaired) electrons. The van der Waals surface area contributed by atoms with E-state index in [9.17, 15) is 14.4 Å². The minimum atomic E-state index is -1.22. The van der Waals surface area contributed by atoms with Crippen molar-refractivity contribution in [2.45, 2.75) is 103 Å². The zero-order valence-corrected chi connectivity index (χ0v) is 21.3. The van der Waals surface area contributed by atoms with Crippen LogP contribution in [0.2, 0.25) is 25.7 Å². The SMILES string of the molecule is CC(C)(C)OC(=O)NC1CCC(C[C@]2(C)NC(=O)N(COCC[Si](C)(C)C)C2=O)CC1. The molecule has 2 N–H and O–H groups in total. The van der Waals surface area contributed by atoms with Crippen molar-refractivity contribution in [2.24, 2.45) is 5.92 Å². The summed E-state index contributed by atoms with van der Waals surface area (Å²) in [6.07, 6.45) is 3.68. The van der Waals surface area contributed by atoms with Crippen LogP contribution in [0.4, 0.5) is 9.59 Å². The van der Waals surface area contributed by atoms with Crippen LogP contribution in [0, 0.1) is 5.92 Å². The highest BCUT2D eigenvalue weighted by Gasteiger charge is 2.49. The molecule has 0 spiro atoms. The maximum atomic E-state index is 12.9. The van der Waals surface area contributed by atoms with Gasteiger partial charge in [0.1, 0.15) is 17.9 Å². The van der Waals surface area contributed by atoms with E-state index in [0.717, 1.165) is 31.7 Å². The molecule has 1 saturated heterocycles. The fourth-order valence-electron chi connectivity index (χ4n) is 4.10. The van der Waals surface area contributed by atoms with E-state index in [1.54, 1.807) is 6.92 Å². The molecule has 178 valence electrons. The molecule has 31 heavy (non-hydrogen) atoms. The molecule has 0 bridgehead atoms. The Hall–Kier alpha value is -1.61. The Balaban J connectivity index is 1.79. The van der Waals surface area contributed by atoms with Crippen molar-refractivity contribution in [1.29, 1.82) is 0 Å². The maximum Gasteiger partial charge on any atom is 0.407 e. The third-order valence-electron chi connectivity index (χ3n) is 5.83. The van der Waals surface area contributed by atoms with E-state index in [4.69, 9.17) is 9.47 Å². The summed E-state index contributed by atoms with van der Waals surface area (Å²) in [4.78, 5) is 38.5. The quantitative estimate of drug-likeness (QED) is 0.326. The van der Waals surface area contributed by atoms with Crippen LogP contribution in [0.3, 0.4) is 0 Å². The number of hydrogen-bond donors (Lipinski definition) is 2. The Bertz CT molecular complexity index is 665. The number of carbonyl (C=O) groups excluding carboxylic acids is 3. The molecule has 1 heterocycles. The van der Waals surface area contributed by atoms with Gasteiger partial charge in [-0.25, -0.2) is 14.5 Å². The summed E-state index contributed by atoms with van der Waals surface area (Å²) in [5.41, 5.74) is -1.41. The lowest BCUT2D eigenvalue weighted by atomic mass is 9.78. The first-order valence-electron chi connectivity index (χ1n) is 11.4. The van der Waals surface area contributed by atoms with Gasteiger partial charge >= 0.3 is 12.1 Å². The molecule has 1 aliphatic heterocycles. The molecule has 0 aromatic rings. The number of imide groups is 1. The van der Waals surface area contributed by atoms with E-state index in [-0.39, 0.29) is 30.8 Å². The predicted molar refractivity (Wildman–Crippen MR) is 122 cm³/mol. The van der Waals surface area contributed by atoms with Crippen LogP contribution >= 0.6 is 0 Å². The third-order valence-corrected chi connectivity index (χ3v) is 7.53. The van der Waals surface area contributed by atoms with Gasteiger partial charge in [-0.3, -0.25) is 4.79 Å². The fraction of sp³-hybridized carbons (Fsp3) is 0.864. The Kier molecular flexibility index (Phi) is 8.19. The molecule has 2 aliphatic rings. The third kappa shape index (κ3) is 8.10. The molecule has 9 heteroatoms. The van der Waals surface area contributed by atoms with Gasteiger partial charge in [0.2, 0.25) is 0 Å². The average molecular weight is 456 g/mol. The van der Waals surface area contributed by atoms with E-state index in [2.05, 4.69) is 30.3 Å². The summed E-state index contributed by atoms with van der Waals surface area (Å²) in [6.45, 7) is 14.7. The number of nitrogens with one attached hydrogen (secondary N) is 2. The molecule has 0 aromatic heterocycles. The van der Waals surface area contributed by atoms with E-state index < -0.39 is 19.2 Å². The van der Waals surface area contributed by atoms with E-state index in [0.29, 0.717) is 18.9 Å². The smallest absolute Gasteiger partial charge is 0.407 e. The topological polar surface area (TPSA) is 97.0 Å². The Labute approximate surface area is 187 Å².